The summed E-state index contributed by atoms with van der Waals surface area (Å²) in [5, 5.41) is 21.1. The number of nitriles is 1. The van der Waals surface area contributed by atoms with Gasteiger partial charge in [-0.05, 0) is 61.9 Å². The molecule has 0 saturated carbocycles. The fourth-order valence-electron chi connectivity index (χ4n) is 3.16. The smallest absolute Gasteiger partial charge is 0.339 e. The van der Waals surface area contributed by atoms with Gasteiger partial charge < -0.3 is 19.3 Å². The third kappa shape index (κ3) is 6.67. The number of anilines is 1. The Morgan fingerprint density at radius 3 is 2.43 bits per heavy atom. The van der Waals surface area contributed by atoms with Gasteiger partial charge in [-0.25, -0.2) is 4.79 Å². The van der Waals surface area contributed by atoms with Crippen LogP contribution in [0.3, 0.4) is 0 Å². The lowest BCUT2D eigenvalue weighted by Crippen LogP contribution is -2.16. The summed E-state index contributed by atoms with van der Waals surface area (Å²) in [6, 6.07) is 16.2. The van der Waals surface area contributed by atoms with Gasteiger partial charge in [0.25, 0.3) is 5.91 Å². The number of rotatable bonds is 9. The molecular formula is C26H21ClN2O7S. The van der Waals surface area contributed by atoms with E-state index in [0.29, 0.717) is 0 Å². The molecule has 3 aromatic carbocycles. The first kappa shape index (κ1) is 27.3. The van der Waals surface area contributed by atoms with Crippen LogP contribution < -0.4 is 14.2 Å². The predicted octanol–water partition coefficient (Wildman–Crippen LogP) is 5.06. The summed E-state index contributed by atoms with van der Waals surface area (Å²) >= 11 is 6.33. The molecule has 0 atom stereocenters. The minimum Gasteiger partial charge on any atom is -0.490 e. The van der Waals surface area contributed by atoms with E-state index < -0.39 is 22.0 Å². The van der Waals surface area contributed by atoms with E-state index in [1.807, 2.05) is 6.92 Å². The highest BCUT2D eigenvalue weighted by Gasteiger charge is 2.23. The summed E-state index contributed by atoms with van der Waals surface area (Å²) in [5.41, 5.74) is 0.615. The number of aromatic carboxylic acids is 1. The van der Waals surface area contributed by atoms with Gasteiger partial charge in [0.05, 0.1) is 22.9 Å². The number of halogens is 1. The molecule has 3 aromatic rings. The summed E-state index contributed by atoms with van der Waals surface area (Å²) < 4.78 is 36.4. The lowest BCUT2D eigenvalue weighted by Gasteiger charge is -2.14. The van der Waals surface area contributed by atoms with Crippen molar-refractivity contribution in [2.24, 2.45) is 0 Å². The topological polar surface area (TPSA) is 143 Å². The van der Waals surface area contributed by atoms with Crippen LogP contribution in [0.15, 0.2) is 71.1 Å². The SMILES string of the molecule is CCOc1cc(/C=C(\C#N)C(=O)Nc2ccccc2C(=O)O)cc(Cl)c1OS(=O)(=O)c1ccc(C)cc1. The Morgan fingerprint density at radius 1 is 1.14 bits per heavy atom. The molecule has 0 aliphatic rings. The van der Waals surface area contributed by atoms with Gasteiger partial charge in [-0.15, -0.1) is 0 Å². The second kappa shape index (κ2) is 11.6. The zero-order chi connectivity index (χ0) is 27.2. The van der Waals surface area contributed by atoms with Crippen LogP contribution in [0.4, 0.5) is 5.69 Å². The van der Waals surface area contributed by atoms with E-state index in [9.17, 15) is 28.4 Å². The molecule has 0 aliphatic carbocycles. The Hall–Kier alpha value is -4.33. The zero-order valence-corrected chi connectivity index (χ0v) is 21.3. The lowest BCUT2D eigenvalue weighted by molar-refractivity contribution is -0.112. The predicted molar refractivity (Wildman–Crippen MR) is 137 cm³/mol. The number of amides is 1. The molecular weight excluding hydrogens is 520 g/mol. The summed E-state index contributed by atoms with van der Waals surface area (Å²) in [5.74, 6) is -2.37. The molecule has 2 N–H and O–H groups in total. The molecule has 190 valence electrons. The van der Waals surface area contributed by atoms with Crippen LogP contribution in [-0.2, 0) is 14.9 Å². The Kier molecular flexibility index (Phi) is 8.55. The first-order valence-corrected chi connectivity index (χ1v) is 12.6. The van der Waals surface area contributed by atoms with E-state index in [0.717, 1.165) is 5.56 Å². The fourth-order valence-corrected chi connectivity index (χ4v) is 4.42. The molecule has 0 heterocycles. The van der Waals surface area contributed by atoms with Crippen molar-refractivity contribution in [2.45, 2.75) is 18.7 Å². The third-order valence-electron chi connectivity index (χ3n) is 4.92. The Labute approximate surface area is 218 Å². The first-order chi connectivity index (χ1) is 17.6. The molecule has 1 amide bonds. The second-order valence-electron chi connectivity index (χ2n) is 7.59. The van der Waals surface area contributed by atoms with Gasteiger partial charge in [-0.2, -0.15) is 13.7 Å². The molecule has 0 saturated heterocycles. The number of nitrogens with zero attached hydrogens (tertiary/aromatic N) is 1. The summed E-state index contributed by atoms with van der Waals surface area (Å²) in [6.45, 7) is 3.62. The van der Waals surface area contributed by atoms with E-state index in [-0.39, 0.29) is 50.4 Å². The highest BCUT2D eigenvalue weighted by Crippen LogP contribution is 2.39. The molecule has 0 aromatic heterocycles. The van der Waals surface area contributed by atoms with Crippen LogP contribution in [0.25, 0.3) is 6.08 Å². The van der Waals surface area contributed by atoms with Gasteiger partial charge in [0, 0.05) is 0 Å². The van der Waals surface area contributed by atoms with Crippen LogP contribution >= 0.6 is 11.6 Å². The fraction of sp³-hybridized carbons (Fsp3) is 0.115. The first-order valence-electron chi connectivity index (χ1n) is 10.8. The number of carboxylic acids is 1. The van der Waals surface area contributed by atoms with Gasteiger partial charge in [0.2, 0.25) is 5.75 Å². The summed E-state index contributed by atoms with van der Waals surface area (Å²) in [6.07, 6.45) is 1.20. The van der Waals surface area contributed by atoms with Gasteiger partial charge in [-0.1, -0.05) is 41.4 Å². The van der Waals surface area contributed by atoms with Gasteiger partial charge in [-0.3, -0.25) is 4.79 Å². The maximum atomic E-state index is 12.8. The summed E-state index contributed by atoms with van der Waals surface area (Å²) in [7, 11) is -4.24. The maximum Gasteiger partial charge on any atom is 0.339 e. The molecule has 0 radical (unpaired) electrons. The number of para-hydroxylation sites is 1. The minimum absolute atomic E-state index is 0.0132. The molecule has 0 aliphatic heterocycles. The van der Waals surface area contributed by atoms with Crippen molar-refractivity contribution >= 4 is 45.4 Å². The van der Waals surface area contributed by atoms with E-state index in [1.54, 1.807) is 25.1 Å². The number of nitrogens with one attached hydrogen (secondary N) is 1. The van der Waals surface area contributed by atoms with E-state index in [2.05, 4.69) is 5.32 Å². The van der Waals surface area contributed by atoms with Crippen molar-refractivity contribution in [1.29, 1.82) is 5.26 Å². The number of carbonyl (C=O) groups excluding carboxylic acids is 1. The van der Waals surface area contributed by atoms with Crippen LogP contribution in [-0.4, -0.2) is 32.0 Å². The van der Waals surface area contributed by atoms with E-state index >= 15 is 0 Å². The van der Waals surface area contributed by atoms with Crippen molar-refractivity contribution in [3.8, 4) is 17.6 Å². The van der Waals surface area contributed by atoms with Crippen LogP contribution in [0.2, 0.25) is 5.02 Å². The molecule has 0 bridgehead atoms. The van der Waals surface area contributed by atoms with Crippen molar-refractivity contribution in [3.63, 3.8) is 0 Å². The van der Waals surface area contributed by atoms with Crippen molar-refractivity contribution in [1.82, 2.24) is 0 Å². The number of carboxylic acid groups (broad SMARTS) is 1. The molecule has 0 fully saturated rings. The normalized spacial score (nSPS) is 11.4. The average molecular weight is 541 g/mol. The number of benzene rings is 3. The second-order valence-corrected chi connectivity index (χ2v) is 9.54. The Morgan fingerprint density at radius 2 is 1.81 bits per heavy atom. The van der Waals surface area contributed by atoms with E-state index in [1.165, 1.54) is 54.6 Å². The lowest BCUT2D eigenvalue weighted by atomic mass is 10.1. The number of hydrogen-bond donors (Lipinski definition) is 2. The van der Waals surface area contributed by atoms with Crippen LogP contribution in [0, 0.1) is 18.3 Å². The molecule has 3 rings (SSSR count). The third-order valence-corrected chi connectivity index (χ3v) is 6.43. The van der Waals surface area contributed by atoms with Gasteiger partial charge in [0.15, 0.2) is 5.75 Å². The monoisotopic (exact) mass is 540 g/mol. The molecule has 0 unspecified atom stereocenters. The highest BCUT2D eigenvalue weighted by molar-refractivity contribution is 7.87. The standard InChI is InChI=1S/C26H21ClN2O7S/c1-3-35-23-14-17(12-18(15-28)25(30)29-22-7-5-4-6-20(22)26(31)32)13-21(27)24(23)36-37(33,34)19-10-8-16(2)9-11-19/h4-14H,3H2,1-2H3,(H,29,30)(H,31,32)/b18-12+. The quantitative estimate of drug-likeness (QED) is 0.218. The minimum atomic E-state index is -4.24. The molecule has 37 heavy (non-hydrogen) atoms. The average Bonchev–Trinajstić information content (AvgIpc) is 2.85. The molecule has 9 nitrogen and oxygen atoms in total. The van der Waals surface area contributed by atoms with Crippen molar-refractivity contribution in [2.75, 3.05) is 11.9 Å². The van der Waals surface area contributed by atoms with E-state index in [4.69, 9.17) is 20.5 Å². The van der Waals surface area contributed by atoms with Crippen molar-refractivity contribution in [3.05, 3.63) is 87.9 Å². The maximum absolute atomic E-state index is 12.8. The number of hydrogen-bond acceptors (Lipinski definition) is 7. The Balaban J connectivity index is 1.95. The van der Waals surface area contributed by atoms with Gasteiger partial charge >= 0.3 is 16.1 Å². The van der Waals surface area contributed by atoms with Crippen LogP contribution in [0.5, 0.6) is 11.5 Å². The largest absolute Gasteiger partial charge is 0.490 e. The Bertz CT molecular complexity index is 1530. The summed E-state index contributed by atoms with van der Waals surface area (Å²) in [4.78, 5) is 24.0. The molecule has 0 spiro atoms. The number of carbonyl (C=O) groups is 2. The zero-order valence-electron chi connectivity index (χ0n) is 19.7. The van der Waals surface area contributed by atoms with Crippen LogP contribution in [0.1, 0.15) is 28.4 Å². The number of aryl methyl sites for hydroxylation is 1. The van der Waals surface area contributed by atoms with Crippen molar-refractivity contribution < 1.29 is 32.0 Å². The van der Waals surface area contributed by atoms with Gasteiger partial charge in [0.1, 0.15) is 16.5 Å². The highest BCUT2D eigenvalue weighted by atomic mass is 35.5. The number of ether oxygens (including phenoxy) is 1. The molecule has 11 heteroatoms.